The van der Waals surface area contributed by atoms with E-state index in [-0.39, 0.29) is 0 Å². The van der Waals surface area contributed by atoms with Gasteiger partial charge >= 0.3 is 0 Å². The summed E-state index contributed by atoms with van der Waals surface area (Å²) < 4.78 is 0. The average molecular weight is 940 g/mol. The molecule has 1 nitrogen and oxygen atoms in total. The van der Waals surface area contributed by atoms with Crippen LogP contribution < -0.4 is 4.90 Å². The molecular weight excluding hydrogens is 891 g/mol. The number of hydrogen-bond acceptors (Lipinski definition) is 1. The molecule has 0 unspecified atom stereocenters. The Morgan fingerprint density at radius 3 is 1.43 bits per heavy atom. The molecule has 0 saturated heterocycles. The maximum atomic E-state index is 2.60. The molecule has 0 heterocycles. The van der Waals surface area contributed by atoms with Gasteiger partial charge in [-0.2, -0.15) is 0 Å². The molecule has 0 amide bonds. The molecule has 0 fully saturated rings. The molecule has 1 heteroatoms. The fourth-order valence-corrected chi connectivity index (χ4v) is 12.3. The molecule has 0 radical (unpaired) electrons. The molecule has 14 rings (SSSR count). The minimum Gasteiger partial charge on any atom is -0.309 e. The highest BCUT2D eigenvalue weighted by molar-refractivity contribution is 6.23. The fourth-order valence-electron chi connectivity index (χ4n) is 12.3. The molecule has 0 N–H and O–H groups in total. The Hall–Kier alpha value is -9.56. The monoisotopic (exact) mass is 939 g/mol. The highest BCUT2D eigenvalue weighted by Gasteiger charge is 2.47. The average Bonchev–Trinajstić information content (AvgIpc) is 3.88. The van der Waals surface area contributed by atoms with Gasteiger partial charge in [0.05, 0.1) is 16.8 Å². The van der Waals surface area contributed by atoms with Crippen LogP contribution in [0.2, 0.25) is 0 Å². The third-order valence-corrected chi connectivity index (χ3v) is 15.5. The summed E-state index contributed by atoms with van der Waals surface area (Å²) in [6.45, 7) is 0. The molecule has 346 valence electrons. The minimum absolute atomic E-state index is 0.579. The second-order valence-electron chi connectivity index (χ2n) is 19.5. The lowest BCUT2D eigenvalue weighted by Crippen LogP contribution is -2.28. The topological polar surface area (TPSA) is 3.24 Å². The third-order valence-electron chi connectivity index (χ3n) is 15.5. The first-order valence-corrected chi connectivity index (χ1v) is 25.7. The van der Waals surface area contributed by atoms with E-state index in [0.29, 0.717) is 0 Å². The van der Waals surface area contributed by atoms with Crippen molar-refractivity contribution in [1.29, 1.82) is 0 Å². The maximum absolute atomic E-state index is 2.60. The van der Waals surface area contributed by atoms with Gasteiger partial charge in [-0.25, -0.2) is 0 Å². The van der Waals surface area contributed by atoms with Crippen molar-refractivity contribution in [3.63, 3.8) is 0 Å². The molecular formula is C73H49N. The number of fused-ring (bicyclic) bond motifs is 7. The zero-order valence-corrected chi connectivity index (χ0v) is 40.7. The Bertz CT molecular complexity index is 4190. The van der Waals surface area contributed by atoms with E-state index in [1.165, 1.54) is 99.1 Å². The van der Waals surface area contributed by atoms with Crippen LogP contribution in [0, 0.1) is 0 Å². The van der Waals surface area contributed by atoms with Gasteiger partial charge in [-0.15, -0.1) is 0 Å². The van der Waals surface area contributed by atoms with Crippen LogP contribution in [0.15, 0.2) is 297 Å². The van der Waals surface area contributed by atoms with E-state index in [2.05, 4.69) is 302 Å². The summed E-state index contributed by atoms with van der Waals surface area (Å²) in [6, 6.07) is 110. The van der Waals surface area contributed by atoms with Crippen LogP contribution in [0.3, 0.4) is 0 Å². The Morgan fingerprint density at radius 2 is 0.716 bits per heavy atom. The molecule has 13 aromatic carbocycles. The molecule has 1 aliphatic carbocycles. The zero-order valence-electron chi connectivity index (χ0n) is 40.7. The summed E-state index contributed by atoms with van der Waals surface area (Å²) in [6.07, 6.45) is 0. The van der Waals surface area contributed by atoms with Gasteiger partial charge in [0.25, 0.3) is 0 Å². The van der Waals surface area contributed by atoms with Crippen LogP contribution in [0.4, 0.5) is 17.1 Å². The molecule has 0 atom stereocenters. The van der Waals surface area contributed by atoms with Crippen LogP contribution in [-0.2, 0) is 5.41 Å². The van der Waals surface area contributed by atoms with Gasteiger partial charge in [0.15, 0.2) is 0 Å². The van der Waals surface area contributed by atoms with Crippen molar-refractivity contribution < 1.29 is 0 Å². The Morgan fingerprint density at radius 1 is 0.257 bits per heavy atom. The molecule has 13 aromatic rings. The minimum atomic E-state index is -0.579. The van der Waals surface area contributed by atoms with Crippen molar-refractivity contribution in [3.05, 3.63) is 320 Å². The number of nitrogens with zero attached hydrogens (tertiary/aromatic N) is 1. The third kappa shape index (κ3) is 6.93. The van der Waals surface area contributed by atoms with Crippen LogP contribution in [0.25, 0.3) is 88.0 Å². The van der Waals surface area contributed by atoms with Crippen LogP contribution >= 0.6 is 0 Å². The van der Waals surface area contributed by atoms with Gasteiger partial charge in [-0.1, -0.05) is 267 Å². The maximum Gasteiger partial charge on any atom is 0.0714 e. The number of hydrogen-bond donors (Lipinski definition) is 0. The van der Waals surface area contributed by atoms with Crippen molar-refractivity contribution in [2.24, 2.45) is 0 Å². The summed E-state index contributed by atoms with van der Waals surface area (Å²) >= 11 is 0. The van der Waals surface area contributed by atoms with Gasteiger partial charge in [0, 0.05) is 22.2 Å². The Labute approximate surface area is 432 Å². The van der Waals surface area contributed by atoms with E-state index in [4.69, 9.17) is 0 Å². The van der Waals surface area contributed by atoms with E-state index in [1.807, 2.05) is 0 Å². The summed E-state index contributed by atoms with van der Waals surface area (Å²) in [7, 11) is 0. The predicted molar refractivity (Wildman–Crippen MR) is 313 cm³/mol. The van der Waals surface area contributed by atoms with Gasteiger partial charge in [0.1, 0.15) is 0 Å². The smallest absolute Gasteiger partial charge is 0.0714 e. The van der Waals surface area contributed by atoms with Gasteiger partial charge in [-0.3, -0.25) is 0 Å². The number of anilines is 3. The molecule has 1 aliphatic rings. The van der Waals surface area contributed by atoms with Crippen LogP contribution in [0.5, 0.6) is 0 Å². The molecule has 0 bridgehead atoms. The lowest BCUT2D eigenvalue weighted by atomic mass is 9.68. The highest BCUT2D eigenvalue weighted by Crippen LogP contribution is 2.61. The summed E-state index contributed by atoms with van der Waals surface area (Å²) in [5.74, 6) is 0. The van der Waals surface area contributed by atoms with Crippen molar-refractivity contribution >= 4 is 49.4 Å². The first-order valence-electron chi connectivity index (χ1n) is 25.7. The molecule has 0 aromatic heterocycles. The number of rotatable bonds is 9. The molecule has 74 heavy (non-hydrogen) atoms. The predicted octanol–water partition coefficient (Wildman–Crippen LogP) is 19.6. The molecule has 0 spiro atoms. The van der Waals surface area contributed by atoms with E-state index >= 15 is 0 Å². The van der Waals surface area contributed by atoms with Crippen molar-refractivity contribution in [3.8, 4) is 55.6 Å². The van der Waals surface area contributed by atoms with E-state index in [1.54, 1.807) is 0 Å². The SMILES string of the molecule is c1ccc(-c2cccc(-c3ccc(N(c4cccc5c4-c4ccccc4C5(c4ccccc4)c4ccccc4)c4c(-c5cccc(-c6cccc7ccccc67)c5)c5ccccc5c5ccccc45)cc3)c2)cc1. The van der Waals surface area contributed by atoms with Gasteiger partial charge in [0.2, 0.25) is 0 Å². The summed E-state index contributed by atoms with van der Waals surface area (Å²) in [4.78, 5) is 2.60. The first-order chi connectivity index (χ1) is 36.7. The normalized spacial score (nSPS) is 12.4. The lowest BCUT2D eigenvalue weighted by molar-refractivity contribution is 0.768. The largest absolute Gasteiger partial charge is 0.309 e. The van der Waals surface area contributed by atoms with Crippen LogP contribution in [0.1, 0.15) is 22.3 Å². The zero-order chi connectivity index (χ0) is 49.0. The summed E-state index contributed by atoms with van der Waals surface area (Å²) in [5, 5.41) is 7.29. The van der Waals surface area contributed by atoms with E-state index in [9.17, 15) is 0 Å². The first kappa shape index (κ1) is 43.2. The van der Waals surface area contributed by atoms with Gasteiger partial charge < -0.3 is 4.90 Å². The molecule has 0 aliphatic heterocycles. The fraction of sp³-hybridized carbons (Fsp3) is 0.0137. The van der Waals surface area contributed by atoms with E-state index in [0.717, 1.165) is 28.2 Å². The quantitative estimate of drug-likeness (QED) is 0.130. The standard InChI is InChI=1S/C73H49N/c1-4-22-50(23-5-1)53-26-18-27-54(48-53)51-44-46-59(47-45-51)74(69-43-21-42-68-71(69)66-39-16-17-41-67(66)73(68,57-30-6-2-7-31-57)58-32-8-3-9-33-58)72-65-38-15-13-36-63(65)62-35-12-14-37-64(62)70(72)56-29-19-28-55(49-56)61-40-20-25-52-24-10-11-34-60(52)61/h1-49H. The lowest BCUT2D eigenvalue weighted by Gasteiger charge is -2.35. The Kier molecular flexibility index (Phi) is 10.5. The van der Waals surface area contributed by atoms with Crippen molar-refractivity contribution in [1.82, 2.24) is 0 Å². The summed E-state index contributed by atoms with van der Waals surface area (Å²) in [5.41, 5.74) is 19.7. The number of benzene rings is 13. The van der Waals surface area contributed by atoms with Crippen molar-refractivity contribution in [2.45, 2.75) is 5.41 Å². The van der Waals surface area contributed by atoms with E-state index < -0.39 is 5.41 Å². The van der Waals surface area contributed by atoms with Crippen molar-refractivity contribution in [2.75, 3.05) is 4.90 Å². The van der Waals surface area contributed by atoms with Crippen LogP contribution in [-0.4, -0.2) is 0 Å². The molecule has 0 saturated carbocycles. The second-order valence-corrected chi connectivity index (χ2v) is 19.5. The Balaban J connectivity index is 1.08. The second kappa shape index (κ2) is 17.9. The highest BCUT2D eigenvalue weighted by atomic mass is 15.2. The van der Waals surface area contributed by atoms with Gasteiger partial charge in [-0.05, 0) is 124 Å².